The van der Waals surface area contributed by atoms with E-state index in [0.29, 0.717) is 10.6 Å². The topological polar surface area (TPSA) is 29.5 Å². The molecule has 0 radical (unpaired) electrons. The summed E-state index contributed by atoms with van der Waals surface area (Å²) in [7, 11) is 0. The summed E-state index contributed by atoms with van der Waals surface area (Å²) in [5, 5.41) is 0.428. The minimum absolute atomic E-state index is 0.145. The van der Waals surface area contributed by atoms with Gasteiger partial charge in [0.05, 0.1) is 10.6 Å². The molecule has 0 unspecified atom stereocenters. The third-order valence-electron chi connectivity index (χ3n) is 2.81. The number of likely N-dealkylation sites (N-methyl/N-ethyl adjacent to an activating group) is 1. The van der Waals surface area contributed by atoms with Crippen molar-refractivity contribution in [1.29, 1.82) is 0 Å². The number of carbonyl (C=O) groups excluding carboxylic acids is 1. The number of esters is 1. The zero-order chi connectivity index (χ0) is 13.5. The van der Waals surface area contributed by atoms with Crippen LogP contribution in [0.15, 0.2) is 24.3 Å². The Kier molecular flexibility index (Phi) is 6.16. The fourth-order valence-corrected chi connectivity index (χ4v) is 1.97. The van der Waals surface area contributed by atoms with Crippen molar-refractivity contribution >= 4 is 17.6 Å². The Morgan fingerprint density at radius 3 is 2.50 bits per heavy atom. The van der Waals surface area contributed by atoms with Crippen LogP contribution in [0.25, 0.3) is 0 Å². The molecule has 3 nitrogen and oxygen atoms in total. The van der Waals surface area contributed by atoms with Crippen LogP contribution in [0, 0.1) is 0 Å². The molecule has 0 aliphatic rings. The normalized spacial score (nSPS) is 12.5. The smallest absolute Gasteiger partial charge is 0.339 e. The van der Waals surface area contributed by atoms with E-state index in [-0.39, 0.29) is 12.1 Å². The number of rotatable bonds is 6. The van der Waals surface area contributed by atoms with Crippen molar-refractivity contribution < 1.29 is 9.53 Å². The van der Waals surface area contributed by atoms with Crippen LogP contribution in [-0.4, -0.2) is 36.6 Å². The quantitative estimate of drug-likeness (QED) is 0.743. The molecule has 0 N–H and O–H groups in total. The molecule has 1 rings (SSSR count). The average molecular weight is 270 g/mol. The molecule has 1 aromatic rings. The van der Waals surface area contributed by atoms with Crippen molar-refractivity contribution in [2.75, 3.05) is 19.6 Å². The highest BCUT2D eigenvalue weighted by Crippen LogP contribution is 2.16. The van der Waals surface area contributed by atoms with Gasteiger partial charge < -0.3 is 9.64 Å². The molecule has 0 amide bonds. The molecule has 1 aromatic carbocycles. The van der Waals surface area contributed by atoms with E-state index in [2.05, 4.69) is 18.7 Å². The van der Waals surface area contributed by atoms with Crippen LogP contribution in [0.5, 0.6) is 0 Å². The molecule has 0 aliphatic carbocycles. The van der Waals surface area contributed by atoms with E-state index in [9.17, 15) is 4.79 Å². The average Bonchev–Trinajstić information content (AvgIpc) is 2.36. The highest BCUT2D eigenvalue weighted by molar-refractivity contribution is 6.33. The molecule has 0 aliphatic heterocycles. The van der Waals surface area contributed by atoms with E-state index in [1.165, 1.54) is 0 Å². The molecule has 0 saturated heterocycles. The van der Waals surface area contributed by atoms with Crippen molar-refractivity contribution in [2.45, 2.75) is 26.9 Å². The van der Waals surface area contributed by atoms with Crippen molar-refractivity contribution in [2.24, 2.45) is 0 Å². The first-order chi connectivity index (χ1) is 8.58. The molecule has 1 atom stereocenters. The summed E-state index contributed by atoms with van der Waals surface area (Å²) in [4.78, 5) is 14.1. The van der Waals surface area contributed by atoms with E-state index in [4.69, 9.17) is 16.3 Å². The van der Waals surface area contributed by atoms with Crippen LogP contribution in [-0.2, 0) is 4.74 Å². The second-order valence-corrected chi connectivity index (χ2v) is 4.59. The SMILES string of the molecule is CCN(CC)C[C@@H](C)OC(=O)c1ccccc1Cl. The van der Waals surface area contributed by atoms with E-state index in [1.54, 1.807) is 24.3 Å². The first kappa shape index (κ1) is 15.0. The molecule has 0 fully saturated rings. The Hall–Kier alpha value is -1.06. The van der Waals surface area contributed by atoms with Gasteiger partial charge in [0.25, 0.3) is 0 Å². The number of ether oxygens (including phenoxy) is 1. The van der Waals surface area contributed by atoms with Gasteiger partial charge in [-0.3, -0.25) is 0 Å². The summed E-state index contributed by atoms with van der Waals surface area (Å²) in [5.41, 5.74) is 0.422. The molecular formula is C14H20ClNO2. The predicted molar refractivity (Wildman–Crippen MR) is 74.1 cm³/mol. The predicted octanol–water partition coefficient (Wildman–Crippen LogP) is 3.23. The molecule has 0 spiro atoms. The maximum absolute atomic E-state index is 11.9. The largest absolute Gasteiger partial charge is 0.458 e. The molecule has 4 heteroatoms. The highest BCUT2D eigenvalue weighted by atomic mass is 35.5. The molecule has 0 saturated carbocycles. The van der Waals surface area contributed by atoms with Gasteiger partial charge in [0.1, 0.15) is 6.10 Å². The number of carbonyl (C=O) groups is 1. The van der Waals surface area contributed by atoms with Gasteiger partial charge in [0, 0.05) is 6.54 Å². The van der Waals surface area contributed by atoms with Crippen LogP contribution in [0.2, 0.25) is 5.02 Å². The van der Waals surface area contributed by atoms with Gasteiger partial charge in [-0.1, -0.05) is 37.6 Å². The van der Waals surface area contributed by atoms with Gasteiger partial charge in [-0.05, 0) is 32.1 Å². The second-order valence-electron chi connectivity index (χ2n) is 4.18. The van der Waals surface area contributed by atoms with E-state index >= 15 is 0 Å². The minimum atomic E-state index is -0.361. The van der Waals surface area contributed by atoms with Gasteiger partial charge in [-0.25, -0.2) is 4.79 Å². The van der Waals surface area contributed by atoms with E-state index in [0.717, 1.165) is 19.6 Å². The Morgan fingerprint density at radius 1 is 1.33 bits per heavy atom. The zero-order valence-corrected chi connectivity index (χ0v) is 11.9. The number of nitrogens with zero attached hydrogens (tertiary/aromatic N) is 1. The number of hydrogen-bond acceptors (Lipinski definition) is 3. The van der Waals surface area contributed by atoms with Crippen molar-refractivity contribution in [3.63, 3.8) is 0 Å². The lowest BCUT2D eigenvalue weighted by Gasteiger charge is -2.22. The molecule has 0 heterocycles. The summed E-state index contributed by atoms with van der Waals surface area (Å²) in [6, 6.07) is 6.93. The van der Waals surface area contributed by atoms with Crippen LogP contribution < -0.4 is 0 Å². The van der Waals surface area contributed by atoms with Gasteiger partial charge >= 0.3 is 5.97 Å². The first-order valence-corrected chi connectivity index (χ1v) is 6.64. The van der Waals surface area contributed by atoms with Gasteiger partial charge in [0.2, 0.25) is 0 Å². The Bertz CT molecular complexity index is 391. The lowest BCUT2D eigenvalue weighted by molar-refractivity contribution is 0.0261. The van der Waals surface area contributed by atoms with Crippen LogP contribution in [0.1, 0.15) is 31.1 Å². The summed E-state index contributed by atoms with van der Waals surface area (Å²) < 4.78 is 5.39. The third-order valence-corrected chi connectivity index (χ3v) is 3.14. The summed E-state index contributed by atoms with van der Waals surface area (Å²) >= 11 is 5.95. The fourth-order valence-electron chi connectivity index (χ4n) is 1.76. The second kappa shape index (κ2) is 7.39. The van der Waals surface area contributed by atoms with Crippen LogP contribution in [0.3, 0.4) is 0 Å². The third kappa shape index (κ3) is 4.31. The fraction of sp³-hybridized carbons (Fsp3) is 0.500. The number of benzene rings is 1. The van der Waals surface area contributed by atoms with Crippen LogP contribution >= 0.6 is 11.6 Å². The molecule has 0 bridgehead atoms. The monoisotopic (exact) mass is 269 g/mol. The zero-order valence-electron chi connectivity index (χ0n) is 11.1. The summed E-state index contributed by atoms with van der Waals surface area (Å²) in [6.07, 6.45) is -0.145. The molecule has 100 valence electrons. The Labute approximate surface area is 114 Å². The maximum atomic E-state index is 11.9. The molecule has 18 heavy (non-hydrogen) atoms. The van der Waals surface area contributed by atoms with Crippen molar-refractivity contribution in [3.05, 3.63) is 34.9 Å². The van der Waals surface area contributed by atoms with Gasteiger partial charge in [-0.2, -0.15) is 0 Å². The van der Waals surface area contributed by atoms with Crippen molar-refractivity contribution in [1.82, 2.24) is 4.90 Å². The maximum Gasteiger partial charge on any atom is 0.339 e. The lowest BCUT2D eigenvalue weighted by Crippen LogP contribution is -2.33. The standard InChI is InChI=1S/C14H20ClNO2/c1-4-16(5-2)10-11(3)18-14(17)12-8-6-7-9-13(12)15/h6-9,11H,4-5,10H2,1-3H3/t11-/m1/s1. The Morgan fingerprint density at radius 2 is 1.94 bits per heavy atom. The highest BCUT2D eigenvalue weighted by Gasteiger charge is 2.16. The van der Waals surface area contributed by atoms with E-state index < -0.39 is 0 Å². The van der Waals surface area contributed by atoms with E-state index in [1.807, 2.05) is 6.92 Å². The summed E-state index contributed by atoms with van der Waals surface area (Å²) in [5.74, 6) is -0.361. The Balaban J connectivity index is 2.57. The van der Waals surface area contributed by atoms with Crippen molar-refractivity contribution in [3.8, 4) is 0 Å². The lowest BCUT2D eigenvalue weighted by atomic mass is 10.2. The minimum Gasteiger partial charge on any atom is -0.458 e. The molecular weight excluding hydrogens is 250 g/mol. The number of halogens is 1. The van der Waals surface area contributed by atoms with Gasteiger partial charge in [0.15, 0.2) is 0 Å². The van der Waals surface area contributed by atoms with Crippen LogP contribution in [0.4, 0.5) is 0 Å². The number of hydrogen-bond donors (Lipinski definition) is 0. The first-order valence-electron chi connectivity index (χ1n) is 6.26. The van der Waals surface area contributed by atoms with Gasteiger partial charge in [-0.15, -0.1) is 0 Å². The summed E-state index contributed by atoms with van der Waals surface area (Å²) in [6.45, 7) is 8.71. The molecule has 0 aromatic heterocycles.